The molecule has 0 bridgehead atoms. The summed E-state index contributed by atoms with van der Waals surface area (Å²) in [4.78, 5) is 31.4. The summed E-state index contributed by atoms with van der Waals surface area (Å²) < 4.78 is 10.0. The Morgan fingerprint density at radius 1 is 1.20 bits per heavy atom. The molecule has 0 saturated carbocycles. The molecule has 0 aliphatic heterocycles. The predicted octanol–water partition coefficient (Wildman–Crippen LogP) is 0.666. The Morgan fingerprint density at radius 2 is 1.93 bits per heavy atom. The van der Waals surface area contributed by atoms with Gasteiger partial charge in [-0.25, -0.2) is 9.48 Å². The number of benzene rings is 1. The third-order valence-electron chi connectivity index (χ3n) is 4.76. The fraction of sp³-hybridized carbons (Fsp3) is 0.300. The van der Waals surface area contributed by atoms with Crippen LogP contribution in [0.25, 0.3) is 17.1 Å². The van der Waals surface area contributed by atoms with Gasteiger partial charge in [-0.2, -0.15) is 10.1 Å². The molecule has 4 rings (SSSR count). The molecule has 4 aromatic rings. The fourth-order valence-electron chi connectivity index (χ4n) is 3.36. The van der Waals surface area contributed by atoms with Gasteiger partial charge in [0.25, 0.3) is 5.56 Å². The highest BCUT2D eigenvalue weighted by atomic mass is 16.5. The Kier molecular flexibility index (Phi) is 5.00. The summed E-state index contributed by atoms with van der Waals surface area (Å²) in [5, 5.41) is 15.1. The Morgan fingerprint density at radius 3 is 2.60 bits per heavy atom. The van der Waals surface area contributed by atoms with E-state index in [9.17, 15) is 14.7 Å². The standard InChI is InChI=1S/C20H22N6O4/c1-12-9-13(2)26(23-12)19-21-17-16(18(28)22-20(29)24(17)3)25(19)10-14(27)11-30-15-7-5-4-6-8-15/h4-9,14,27H,10-11H2,1-3H3,(H,22,28,29)/t14-/m1/s1. The minimum absolute atomic E-state index is 0.0178. The van der Waals surface area contributed by atoms with E-state index in [0.29, 0.717) is 11.7 Å². The molecule has 3 aromatic heterocycles. The number of nitrogens with zero attached hydrogens (tertiary/aromatic N) is 5. The molecule has 1 atom stereocenters. The second kappa shape index (κ2) is 7.64. The van der Waals surface area contributed by atoms with Gasteiger partial charge < -0.3 is 9.84 Å². The molecule has 0 radical (unpaired) electrons. The summed E-state index contributed by atoms with van der Waals surface area (Å²) in [6.07, 6.45) is -0.935. The molecule has 0 aliphatic rings. The van der Waals surface area contributed by atoms with Crippen LogP contribution in [-0.2, 0) is 13.6 Å². The van der Waals surface area contributed by atoms with Crippen molar-refractivity contribution in [1.29, 1.82) is 0 Å². The first-order chi connectivity index (χ1) is 14.3. The lowest BCUT2D eigenvalue weighted by Crippen LogP contribution is -2.31. The number of aromatic amines is 1. The molecule has 1 aromatic carbocycles. The Bertz CT molecular complexity index is 1320. The average molecular weight is 410 g/mol. The number of aliphatic hydroxyl groups excluding tert-OH is 1. The largest absolute Gasteiger partial charge is 0.491 e. The van der Waals surface area contributed by atoms with E-state index in [1.54, 1.807) is 21.4 Å². The maximum atomic E-state index is 12.6. The smallest absolute Gasteiger partial charge is 0.329 e. The van der Waals surface area contributed by atoms with Crippen LogP contribution in [0.15, 0.2) is 46.0 Å². The Balaban J connectivity index is 1.77. The number of hydrogen-bond acceptors (Lipinski definition) is 6. The minimum Gasteiger partial charge on any atom is -0.491 e. The van der Waals surface area contributed by atoms with E-state index in [-0.39, 0.29) is 24.3 Å². The van der Waals surface area contributed by atoms with E-state index in [1.165, 1.54) is 11.6 Å². The lowest BCUT2D eigenvalue weighted by atomic mass is 10.3. The number of rotatable bonds is 6. The van der Waals surface area contributed by atoms with Gasteiger partial charge in [0.15, 0.2) is 11.2 Å². The molecule has 2 N–H and O–H groups in total. The second-order valence-corrected chi connectivity index (χ2v) is 7.13. The number of hydrogen-bond donors (Lipinski definition) is 2. The van der Waals surface area contributed by atoms with Crippen molar-refractivity contribution in [2.45, 2.75) is 26.5 Å². The molecular formula is C20H22N6O4. The zero-order valence-electron chi connectivity index (χ0n) is 16.9. The first-order valence-corrected chi connectivity index (χ1v) is 9.44. The fourth-order valence-corrected chi connectivity index (χ4v) is 3.36. The third kappa shape index (κ3) is 3.52. The van der Waals surface area contributed by atoms with E-state index in [2.05, 4.69) is 15.1 Å². The van der Waals surface area contributed by atoms with Crippen molar-refractivity contribution >= 4 is 11.2 Å². The number of nitrogens with one attached hydrogen (secondary N) is 1. The van der Waals surface area contributed by atoms with Crippen LogP contribution < -0.4 is 16.0 Å². The Hall–Kier alpha value is -3.66. The highest BCUT2D eigenvalue weighted by Crippen LogP contribution is 2.18. The van der Waals surface area contributed by atoms with Crippen molar-refractivity contribution < 1.29 is 9.84 Å². The SMILES string of the molecule is Cc1cc(C)n(-c2nc3c(c(=O)[nH]c(=O)n3C)n2C[C@@H](O)COc2ccccc2)n1. The number of imidazole rings is 1. The van der Waals surface area contributed by atoms with Gasteiger partial charge in [0.2, 0.25) is 5.95 Å². The van der Waals surface area contributed by atoms with Crippen molar-refractivity contribution in [3.63, 3.8) is 0 Å². The summed E-state index contributed by atoms with van der Waals surface area (Å²) in [5.41, 5.74) is 0.831. The molecule has 10 heteroatoms. The van der Waals surface area contributed by atoms with Gasteiger partial charge in [0, 0.05) is 12.7 Å². The zero-order valence-corrected chi connectivity index (χ0v) is 16.9. The molecule has 3 heterocycles. The van der Waals surface area contributed by atoms with E-state index in [1.807, 2.05) is 38.1 Å². The van der Waals surface area contributed by atoms with Crippen molar-refractivity contribution in [3.8, 4) is 11.7 Å². The van der Waals surface area contributed by atoms with E-state index in [4.69, 9.17) is 4.74 Å². The summed E-state index contributed by atoms with van der Waals surface area (Å²) in [6, 6.07) is 11.0. The first-order valence-electron chi connectivity index (χ1n) is 9.44. The number of aromatic nitrogens is 6. The van der Waals surface area contributed by atoms with E-state index in [0.717, 1.165) is 11.4 Å². The summed E-state index contributed by atoms with van der Waals surface area (Å²) in [7, 11) is 1.53. The van der Waals surface area contributed by atoms with Crippen LogP contribution in [-0.4, -0.2) is 46.7 Å². The molecule has 0 fully saturated rings. The molecule has 0 saturated heterocycles. The molecule has 0 aliphatic carbocycles. The number of para-hydroxylation sites is 1. The lowest BCUT2D eigenvalue weighted by molar-refractivity contribution is 0.0932. The number of ether oxygens (including phenoxy) is 1. The molecule has 0 spiro atoms. The van der Waals surface area contributed by atoms with Crippen LogP contribution in [0.3, 0.4) is 0 Å². The molecule has 30 heavy (non-hydrogen) atoms. The third-order valence-corrected chi connectivity index (χ3v) is 4.76. The number of aliphatic hydroxyl groups is 1. The van der Waals surface area contributed by atoms with Crippen molar-refractivity contribution in [2.75, 3.05) is 6.61 Å². The highest BCUT2D eigenvalue weighted by molar-refractivity contribution is 5.72. The van der Waals surface area contributed by atoms with Crippen LogP contribution in [0.5, 0.6) is 5.75 Å². The van der Waals surface area contributed by atoms with Crippen molar-refractivity contribution in [1.82, 2.24) is 28.9 Å². The van der Waals surface area contributed by atoms with Gasteiger partial charge in [0.1, 0.15) is 18.5 Å². The number of fused-ring (bicyclic) bond motifs is 1. The quantitative estimate of drug-likeness (QED) is 0.482. The Labute approximate surface area is 171 Å². The van der Waals surface area contributed by atoms with E-state index >= 15 is 0 Å². The summed E-state index contributed by atoms with van der Waals surface area (Å²) in [6.45, 7) is 3.76. The van der Waals surface area contributed by atoms with Crippen LogP contribution >= 0.6 is 0 Å². The van der Waals surface area contributed by atoms with Crippen molar-refractivity contribution in [3.05, 3.63) is 68.6 Å². The number of H-pyrrole nitrogens is 1. The molecule has 156 valence electrons. The summed E-state index contributed by atoms with van der Waals surface area (Å²) in [5.74, 6) is 0.965. The monoisotopic (exact) mass is 410 g/mol. The van der Waals surface area contributed by atoms with Gasteiger partial charge in [-0.3, -0.25) is 18.9 Å². The second-order valence-electron chi connectivity index (χ2n) is 7.13. The van der Waals surface area contributed by atoms with Crippen LogP contribution in [0, 0.1) is 13.8 Å². The lowest BCUT2D eigenvalue weighted by Gasteiger charge is -2.15. The first kappa shape index (κ1) is 19.6. The predicted molar refractivity (Wildman–Crippen MR) is 110 cm³/mol. The van der Waals surface area contributed by atoms with Crippen LogP contribution in [0.1, 0.15) is 11.4 Å². The van der Waals surface area contributed by atoms with E-state index < -0.39 is 17.4 Å². The zero-order chi connectivity index (χ0) is 21.4. The van der Waals surface area contributed by atoms with Crippen molar-refractivity contribution in [2.24, 2.45) is 7.05 Å². The van der Waals surface area contributed by atoms with Gasteiger partial charge >= 0.3 is 5.69 Å². The number of aryl methyl sites for hydroxylation is 3. The maximum Gasteiger partial charge on any atom is 0.329 e. The highest BCUT2D eigenvalue weighted by Gasteiger charge is 2.22. The molecular weight excluding hydrogens is 388 g/mol. The average Bonchev–Trinajstić information content (AvgIpc) is 3.25. The topological polar surface area (TPSA) is 120 Å². The maximum absolute atomic E-state index is 12.6. The van der Waals surface area contributed by atoms with Gasteiger partial charge in [0.05, 0.1) is 12.2 Å². The van der Waals surface area contributed by atoms with Gasteiger partial charge in [-0.1, -0.05) is 18.2 Å². The van der Waals surface area contributed by atoms with Gasteiger partial charge in [-0.15, -0.1) is 0 Å². The minimum atomic E-state index is -0.935. The molecule has 0 unspecified atom stereocenters. The van der Waals surface area contributed by atoms with Crippen LogP contribution in [0.4, 0.5) is 0 Å². The molecule has 0 amide bonds. The van der Waals surface area contributed by atoms with Crippen LogP contribution in [0.2, 0.25) is 0 Å². The van der Waals surface area contributed by atoms with Gasteiger partial charge in [-0.05, 0) is 32.0 Å². The summed E-state index contributed by atoms with van der Waals surface area (Å²) >= 11 is 0. The normalized spacial score (nSPS) is 12.4. The molecule has 10 nitrogen and oxygen atoms in total.